The molecule has 0 aromatic carbocycles. The first-order valence-electron chi connectivity index (χ1n) is 21.7. The number of rotatable bonds is 37. The summed E-state index contributed by atoms with van der Waals surface area (Å²) in [5.41, 5.74) is 5.32. The highest BCUT2D eigenvalue weighted by Crippen LogP contribution is 2.43. The van der Waals surface area contributed by atoms with Gasteiger partial charge in [0.05, 0.1) is 25.4 Å². The van der Waals surface area contributed by atoms with Crippen LogP contribution in [0.3, 0.4) is 0 Å². The Morgan fingerprint density at radius 3 is 1.52 bits per heavy atom. The number of phosphoric ester groups is 1. The van der Waals surface area contributed by atoms with Gasteiger partial charge in [-0.25, -0.2) is 4.57 Å². The number of aliphatic carboxylic acids is 1. The van der Waals surface area contributed by atoms with Gasteiger partial charge in [0.2, 0.25) is 0 Å². The summed E-state index contributed by atoms with van der Waals surface area (Å²) in [4.78, 5) is 45.9. The average Bonchev–Trinajstić information content (AvgIpc) is 3.99. The zero-order chi connectivity index (χ0) is 44.7. The van der Waals surface area contributed by atoms with Crippen LogP contribution in [0.15, 0.2) is 122 Å². The summed E-state index contributed by atoms with van der Waals surface area (Å²) in [6.45, 7) is 2.40. The Balaban J connectivity index is 2.39. The molecule has 0 bridgehead atoms. The third-order valence-corrected chi connectivity index (χ3v) is 9.57. The molecule has 12 nitrogen and oxygen atoms in total. The molecule has 1 rings (SSSR count). The van der Waals surface area contributed by atoms with Gasteiger partial charge >= 0.3 is 25.7 Å². The van der Waals surface area contributed by atoms with Gasteiger partial charge in [0.15, 0.2) is 6.10 Å². The molecule has 1 fully saturated rings. The van der Waals surface area contributed by atoms with E-state index in [9.17, 15) is 23.8 Å². The molecule has 1 heterocycles. The number of allylic oxidation sites excluding steroid dienone is 18. The highest BCUT2D eigenvalue weighted by atomic mass is 31.2. The van der Waals surface area contributed by atoms with Gasteiger partial charge in [0.25, 0.3) is 0 Å². The lowest BCUT2D eigenvalue weighted by molar-refractivity contribution is -0.161. The molecule has 1 aliphatic heterocycles. The SMILES string of the molecule is CC/C=C\C/C=C\C/C=C\C/C=C\C/C=C\CCCC(=O)OC[C@H](COP(=O)(O)OC[C@H](N)C(=O)O)OC(=O)CC/C=C\C/C=C\C/C=C\C/C=C\CC1OC1C/C=C\CC. The van der Waals surface area contributed by atoms with Crippen molar-refractivity contribution in [2.45, 2.75) is 141 Å². The van der Waals surface area contributed by atoms with Crippen LogP contribution in [0.4, 0.5) is 0 Å². The minimum Gasteiger partial charge on any atom is -0.480 e. The van der Waals surface area contributed by atoms with E-state index in [2.05, 4.69) is 110 Å². The second-order valence-electron chi connectivity index (χ2n) is 14.1. The Kier molecular flexibility index (Phi) is 33.8. The van der Waals surface area contributed by atoms with Gasteiger partial charge in [0.1, 0.15) is 12.6 Å². The van der Waals surface area contributed by atoms with E-state index in [1.54, 1.807) is 0 Å². The second-order valence-corrected chi connectivity index (χ2v) is 15.5. The average molecular weight is 870 g/mol. The number of ether oxygens (including phenoxy) is 3. The van der Waals surface area contributed by atoms with E-state index in [4.69, 9.17) is 29.6 Å². The third kappa shape index (κ3) is 35.2. The van der Waals surface area contributed by atoms with Gasteiger partial charge in [-0.3, -0.25) is 23.4 Å². The van der Waals surface area contributed by atoms with E-state index in [-0.39, 0.29) is 12.8 Å². The molecule has 13 heteroatoms. The zero-order valence-electron chi connectivity index (χ0n) is 36.4. The van der Waals surface area contributed by atoms with Crippen molar-refractivity contribution in [3.05, 3.63) is 122 Å². The molecule has 0 amide bonds. The van der Waals surface area contributed by atoms with Crippen LogP contribution in [0.2, 0.25) is 0 Å². The minimum absolute atomic E-state index is 0.0123. The van der Waals surface area contributed by atoms with Crippen molar-refractivity contribution in [1.29, 1.82) is 0 Å². The van der Waals surface area contributed by atoms with Gasteiger partial charge in [-0.05, 0) is 89.9 Å². The van der Waals surface area contributed by atoms with Crippen molar-refractivity contribution in [1.82, 2.24) is 0 Å². The molecule has 5 atom stereocenters. The lowest BCUT2D eigenvalue weighted by Crippen LogP contribution is -2.34. The fourth-order valence-electron chi connectivity index (χ4n) is 5.17. The van der Waals surface area contributed by atoms with Crippen LogP contribution in [0, 0.1) is 0 Å². The Morgan fingerprint density at radius 2 is 1.02 bits per heavy atom. The molecule has 0 saturated carbocycles. The quantitative estimate of drug-likeness (QED) is 0.0177. The smallest absolute Gasteiger partial charge is 0.472 e. The molecule has 0 spiro atoms. The van der Waals surface area contributed by atoms with Gasteiger partial charge in [-0.15, -0.1) is 0 Å². The first kappa shape index (κ1) is 54.9. The molecule has 0 aromatic rings. The number of unbranched alkanes of at least 4 members (excludes halogenated alkanes) is 1. The van der Waals surface area contributed by atoms with Crippen LogP contribution < -0.4 is 5.73 Å². The van der Waals surface area contributed by atoms with Gasteiger partial charge in [-0.1, -0.05) is 135 Å². The van der Waals surface area contributed by atoms with Crippen LogP contribution in [-0.4, -0.2) is 72.1 Å². The Labute approximate surface area is 365 Å². The molecule has 4 N–H and O–H groups in total. The van der Waals surface area contributed by atoms with Crippen molar-refractivity contribution < 1.29 is 52.2 Å². The summed E-state index contributed by atoms with van der Waals surface area (Å²) in [5.74, 6) is -2.59. The van der Waals surface area contributed by atoms with Crippen molar-refractivity contribution in [2.75, 3.05) is 19.8 Å². The highest BCUT2D eigenvalue weighted by molar-refractivity contribution is 7.47. The Bertz CT molecular complexity index is 1560. The Morgan fingerprint density at radius 1 is 0.590 bits per heavy atom. The van der Waals surface area contributed by atoms with E-state index >= 15 is 0 Å². The first-order valence-corrected chi connectivity index (χ1v) is 23.2. The van der Waals surface area contributed by atoms with Gasteiger partial charge in [0, 0.05) is 12.8 Å². The summed E-state index contributed by atoms with van der Waals surface area (Å²) < 4.78 is 38.2. The summed E-state index contributed by atoms with van der Waals surface area (Å²) in [7, 11) is -4.76. The number of carboxylic acids is 1. The van der Waals surface area contributed by atoms with E-state index in [1.807, 2.05) is 30.4 Å². The molecule has 1 aliphatic rings. The fraction of sp³-hybridized carbons (Fsp3) is 0.521. The topological polar surface area (TPSA) is 184 Å². The predicted octanol–water partition coefficient (Wildman–Crippen LogP) is 10.6. The summed E-state index contributed by atoms with van der Waals surface area (Å²) in [6.07, 6.45) is 53.3. The monoisotopic (exact) mass is 869 g/mol. The highest BCUT2D eigenvalue weighted by Gasteiger charge is 2.36. The number of esters is 2. The number of carbonyl (C=O) groups is 3. The summed E-state index contributed by atoms with van der Waals surface area (Å²) in [6, 6.07) is -1.55. The number of carbonyl (C=O) groups excluding carboxylic acids is 2. The van der Waals surface area contributed by atoms with Crippen molar-refractivity contribution in [3.8, 4) is 0 Å². The van der Waals surface area contributed by atoms with E-state index in [1.165, 1.54) is 0 Å². The minimum atomic E-state index is -4.76. The van der Waals surface area contributed by atoms with Crippen LogP contribution in [0.1, 0.15) is 117 Å². The van der Waals surface area contributed by atoms with Crippen LogP contribution >= 0.6 is 7.82 Å². The van der Waals surface area contributed by atoms with Crippen LogP contribution in [0.25, 0.3) is 0 Å². The zero-order valence-corrected chi connectivity index (χ0v) is 37.3. The number of carboxylic acid groups (broad SMARTS) is 1. The number of hydrogen-bond acceptors (Lipinski definition) is 10. The summed E-state index contributed by atoms with van der Waals surface area (Å²) >= 11 is 0. The van der Waals surface area contributed by atoms with Crippen LogP contribution in [0.5, 0.6) is 0 Å². The molecular weight excluding hydrogens is 797 g/mol. The maximum atomic E-state index is 12.6. The van der Waals surface area contributed by atoms with Crippen LogP contribution in [-0.2, 0) is 42.2 Å². The molecule has 0 aromatic heterocycles. The maximum absolute atomic E-state index is 12.6. The molecule has 1 saturated heterocycles. The molecule has 3 unspecified atom stereocenters. The van der Waals surface area contributed by atoms with E-state index in [0.29, 0.717) is 37.9 Å². The normalized spacial score (nSPS) is 18.2. The standard InChI is InChI=1S/C48H72NO11P/c1-3-5-7-8-9-10-11-12-13-14-15-16-20-23-26-29-33-37-46(50)56-39-42(40-57-61(54,55)58-41-43(49)48(52)53)59-47(51)38-34-30-27-24-21-18-17-19-22-25-28-32-36-45-44(60-45)35-31-6-4-2/h5-7,9-10,12-13,15-16,18-19,21-23,26-28,30-32,42-45H,3-4,8,11,14,17,20,24-25,29,33-41,49H2,1-2H3,(H,52,53)(H,54,55)/b7-5-,10-9-,13-12-,16-15-,21-18-,22-19-,26-23-,30-27-,31-6-,32-28-/t42-,43+,44?,45?/m1/s1. The number of epoxide rings is 1. The predicted molar refractivity (Wildman–Crippen MR) is 243 cm³/mol. The van der Waals surface area contributed by atoms with Gasteiger partial charge in [-0.2, -0.15) is 0 Å². The largest absolute Gasteiger partial charge is 0.480 e. The lowest BCUT2D eigenvalue weighted by atomic mass is 10.1. The van der Waals surface area contributed by atoms with Crippen molar-refractivity contribution >= 4 is 25.7 Å². The van der Waals surface area contributed by atoms with Crippen molar-refractivity contribution in [2.24, 2.45) is 5.73 Å². The first-order chi connectivity index (χ1) is 29.6. The number of nitrogens with two attached hydrogens (primary N) is 1. The molecular formula is C48H72NO11P. The molecule has 340 valence electrons. The maximum Gasteiger partial charge on any atom is 0.472 e. The number of phosphoric acid groups is 1. The second kappa shape index (κ2) is 37.6. The molecule has 0 aliphatic carbocycles. The molecule has 0 radical (unpaired) electrons. The lowest BCUT2D eigenvalue weighted by Gasteiger charge is -2.20. The van der Waals surface area contributed by atoms with E-state index < -0.39 is 57.7 Å². The van der Waals surface area contributed by atoms with Gasteiger partial charge < -0.3 is 29.9 Å². The third-order valence-electron chi connectivity index (χ3n) is 8.62. The fourth-order valence-corrected chi connectivity index (χ4v) is 5.94. The van der Waals surface area contributed by atoms with E-state index in [0.717, 1.165) is 64.2 Å². The number of hydrogen-bond donors (Lipinski definition) is 3. The Hall–Kier alpha value is -4.16. The van der Waals surface area contributed by atoms with Crippen molar-refractivity contribution in [3.63, 3.8) is 0 Å². The molecule has 61 heavy (non-hydrogen) atoms. The summed E-state index contributed by atoms with van der Waals surface area (Å²) in [5, 5.41) is 8.89.